The lowest BCUT2D eigenvalue weighted by atomic mass is 9.88. The summed E-state index contributed by atoms with van der Waals surface area (Å²) >= 11 is 0. The number of aryl methyl sites for hydroxylation is 4. The second-order valence-corrected chi connectivity index (χ2v) is 21.2. The van der Waals surface area contributed by atoms with Crippen LogP contribution in [0.2, 0.25) is 0 Å². The van der Waals surface area contributed by atoms with E-state index in [1.165, 1.54) is 0 Å². The summed E-state index contributed by atoms with van der Waals surface area (Å²) in [4.78, 5) is 0. The number of hydrogen-bond donors (Lipinski definition) is 0. The molecule has 82 heavy (non-hydrogen) atoms. The molecule has 0 aliphatic carbocycles. The van der Waals surface area contributed by atoms with Crippen molar-refractivity contribution in [1.29, 1.82) is 5.26 Å². The van der Waals surface area contributed by atoms with Crippen LogP contribution in [0, 0.1) is 39.0 Å². The molecule has 0 unspecified atom stereocenters. The van der Waals surface area contributed by atoms with Crippen molar-refractivity contribution in [3.8, 4) is 84.2 Å². The molecule has 13 aromatic rings. The summed E-state index contributed by atoms with van der Waals surface area (Å²) in [5.41, 5.74) is 14.6. The maximum absolute atomic E-state index is 15.6. The van der Waals surface area contributed by atoms with Crippen LogP contribution in [-0.4, -0.2) is 9.13 Å². The highest BCUT2D eigenvalue weighted by Crippen LogP contribution is 2.48. The largest absolute Gasteiger partial charge is 0.417 e. The van der Waals surface area contributed by atoms with Gasteiger partial charge in [0, 0.05) is 32.8 Å². The van der Waals surface area contributed by atoms with Crippen molar-refractivity contribution in [3.05, 3.63) is 263 Å². The van der Waals surface area contributed by atoms with Crippen molar-refractivity contribution in [1.82, 2.24) is 9.13 Å². The average molecular weight is 1080 g/mol. The van der Waals surface area contributed by atoms with E-state index in [-0.39, 0.29) is 22.8 Å². The van der Waals surface area contributed by atoms with Crippen LogP contribution in [0.25, 0.3) is 122 Å². The van der Waals surface area contributed by atoms with E-state index in [0.717, 1.165) is 116 Å². The average Bonchev–Trinajstić information content (AvgIpc) is 4.17. The number of benzene rings is 11. The molecule has 9 heteroatoms. The molecule has 0 aliphatic heterocycles. The molecular formula is C73H49F6N3. The first-order valence-electron chi connectivity index (χ1n) is 26.9. The van der Waals surface area contributed by atoms with Gasteiger partial charge in [-0.15, -0.1) is 0 Å². The van der Waals surface area contributed by atoms with Crippen molar-refractivity contribution in [2.75, 3.05) is 0 Å². The second kappa shape index (κ2) is 19.7. The van der Waals surface area contributed by atoms with Crippen LogP contribution in [0.5, 0.6) is 0 Å². The fraction of sp³-hybridized carbons (Fsp3) is 0.0822. The van der Waals surface area contributed by atoms with Gasteiger partial charge < -0.3 is 9.13 Å². The predicted octanol–water partition coefficient (Wildman–Crippen LogP) is 21.0. The number of alkyl halides is 6. The molecule has 0 N–H and O–H groups in total. The monoisotopic (exact) mass is 1080 g/mol. The molecule has 0 saturated carbocycles. The quantitative estimate of drug-likeness (QED) is 0.140. The van der Waals surface area contributed by atoms with Gasteiger partial charge in [-0.25, -0.2) is 0 Å². The second-order valence-electron chi connectivity index (χ2n) is 21.2. The number of hydrogen-bond acceptors (Lipinski definition) is 1. The zero-order valence-electron chi connectivity index (χ0n) is 45.0. The molecule has 0 atom stereocenters. The standard InChI is InChI=1S/C73H49F6N3/c1-43-13-5-9-17-54(43)48-22-31-67-62(36-48)63-37-49(55-18-10-6-14-44(55)2)23-32-68(63)81(67)53-27-29-58(59-28-26-52(72(74,75)76)40-66(59)73(77,78)79)60(41-53)61-35-47(42-80)21-30-69(61)82-70-33-24-50(56-19-11-7-15-45(56)3)38-64(70)65-39-51(25-34-71(65)82)57-20-12-8-16-46(57)4/h5-41H,1-4H3. The summed E-state index contributed by atoms with van der Waals surface area (Å²) in [6.07, 6.45) is -10.3. The Morgan fingerprint density at radius 1 is 0.329 bits per heavy atom. The Morgan fingerprint density at radius 3 is 1.12 bits per heavy atom. The molecule has 0 bridgehead atoms. The molecule has 2 heterocycles. The van der Waals surface area contributed by atoms with Gasteiger partial charge in [-0.2, -0.15) is 31.6 Å². The number of aromatic nitrogens is 2. The minimum Gasteiger partial charge on any atom is -0.309 e. The Hall–Kier alpha value is -9.91. The lowest BCUT2D eigenvalue weighted by Crippen LogP contribution is -2.12. The van der Waals surface area contributed by atoms with Crippen LogP contribution in [0.15, 0.2) is 224 Å². The summed E-state index contributed by atoms with van der Waals surface area (Å²) in [5.74, 6) is 0. The lowest BCUT2D eigenvalue weighted by molar-refractivity contribution is -0.142. The third-order valence-electron chi connectivity index (χ3n) is 16.2. The van der Waals surface area contributed by atoms with E-state index < -0.39 is 29.0 Å². The van der Waals surface area contributed by atoms with E-state index in [2.05, 4.69) is 164 Å². The summed E-state index contributed by atoms with van der Waals surface area (Å²) in [5, 5.41) is 14.4. The topological polar surface area (TPSA) is 33.6 Å². The maximum atomic E-state index is 15.6. The van der Waals surface area contributed by atoms with Gasteiger partial charge >= 0.3 is 12.4 Å². The van der Waals surface area contributed by atoms with Crippen molar-refractivity contribution < 1.29 is 26.3 Å². The first-order valence-corrected chi connectivity index (χ1v) is 26.9. The summed E-state index contributed by atoms with van der Waals surface area (Å²) in [6, 6.07) is 72.2. The minimum absolute atomic E-state index is 0.0232. The Kier molecular flexibility index (Phi) is 12.4. The van der Waals surface area contributed by atoms with Crippen molar-refractivity contribution in [2.45, 2.75) is 40.0 Å². The predicted molar refractivity (Wildman–Crippen MR) is 321 cm³/mol. The number of halogens is 6. The molecule has 0 amide bonds. The zero-order valence-corrected chi connectivity index (χ0v) is 45.0. The smallest absolute Gasteiger partial charge is 0.309 e. The van der Waals surface area contributed by atoms with E-state index in [1.807, 2.05) is 60.7 Å². The molecule has 0 fully saturated rings. The fourth-order valence-corrected chi connectivity index (χ4v) is 12.2. The van der Waals surface area contributed by atoms with Crippen molar-refractivity contribution in [2.24, 2.45) is 0 Å². The van der Waals surface area contributed by atoms with Gasteiger partial charge in [-0.1, -0.05) is 133 Å². The summed E-state index contributed by atoms with van der Waals surface area (Å²) in [7, 11) is 0. The van der Waals surface area contributed by atoms with Crippen molar-refractivity contribution in [3.63, 3.8) is 0 Å². The normalized spacial score (nSPS) is 12.0. The summed E-state index contributed by atoms with van der Waals surface area (Å²) < 4.78 is 94.1. The minimum atomic E-state index is -5.20. The maximum Gasteiger partial charge on any atom is 0.417 e. The Bertz CT molecular complexity index is 4590. The third kappa shape index (κ3) is 8.79. The lowest BCUT2D eigenvalue weighted by Gasteiger charge is -2.22. The molecule has 2 aromatic heterocycles. The Labute approximate surface area is 469 Å². The first kappa shape index (κ1) is 51.5. The Balaban J connectivity index is 1.13. The van der Waals surface area contributed by atoms with Gasteiger partial charge in [0.25, 0.3) is 0 Å². The molecule has 0 aliphatic rings. The van der Waals surface area contributed by atoms with Gasteiger partial charge in [-0.3, -0.25) is 0 Å². The molecule has 0 radical (unpaired) electrons. The van der Waals surface area contributed by atoms with E-state index in [0.29, 0.717) is 23.0 Å². The molecule has 398 valence electrons. The van der Waals surface area contributed by atoms with Gasteiger partial charge in [0.15, 0.2) is 0 Å². The SMILES string of the molecule is Cc1ccccc1-c1ccc2c(c1)c1cc(-c3ccccc3C)ccc1n2-c1ccc(-c2ccc(C(F)(F)F)cc2C(F)(F)F)c(-c2cc(C#N)ccc2-n2c3ccc(-c4ccccc4C)cc3c3cc(-c4ccccc4C)ccc32)c1. The molecule has 13 rings (SSSR count). The highest BCUT2D eigenvalue weighted by molar-refractivity contribution is 6.14. The van der Waals surface area contributed by atoms with Gasteiger partial charge in [-0.05, 0) is 202 Å². The number of nitrogens with zero attached hydrogens (tertiary/aromatic N) is 3. The van der Waals surface area contributed by atoms with Gasteiger partial charge in [0.1, 0.15) is 0 Å². The number of rotatable bonds is 8. The van der Waals surface area contributed by atoms with Crippen LogP contribution in [-0.2, 0) is 12.4 Å². The van der Waals surface area contributed by atoms with Crippen LogP contribution >= 0.6 is 0 Å². The van der Waals surface area contributed by atoms with Gasteiger partial charge in [0.05, 0.1) is 50.5 Å². The highest BCUT2D eigenvalue weighted by Gasteiger charge is 2.39. The van der Waals surface area contributed by atoms with Crippen LogP contribution in [0.3, 0.4) is 0 Å². The molecule has 0 spiro atoms. The van der Waals surface area contributed by atoms with Crippen LogP contribution < -0.4 is 0 Å². The third-order valence-corrected chi connectivity index (χ3v) is 16.2. The number of fused-ring (bicyclic) bond motifs is 6. The van der Waals surface area contributed by atoms with Crippen LogP contribution in [0.4, 0.5) is 26.3 Å². The first-order chi connectivity index (χ1) is 39.5. The Morgan fingerprint density at radius 2 is 0.732 bits per heavy atom. The van der Waals surface area contributed by atoms with E-state index in [4.69, 9.17) is 0 Å². The van der Waals surface area contributed by atoms with E-state index in [1.54, 1.807) is 24.3 Å². The van der Waals surface area contributed by atoms with Gasteiger partial charge in [0.2, 0.25) is 0 Å². The summed E-state index contributed by atoms with van der Waals surface area (Å²) in [6.45, 7) is 8.28. The number of nitriles is 1. The van der Waals surface area contributed by atoms with Crippen molar-refractivity contribution >= 4 is 43.6 Å². The molecule has 0 saturated heterocycles. The molecular weight excluding hydrogens is 1030 g/mol. The molecule has 11 aromatic carbocycles. The van der Waals surface area contributed by atoms with E-state index in [9.17, 15) is 18.4 Å². The van der Waals surface area contributed by atoms with E-state index >= 15 is 13.2 Å². The fourth-order valence-electron chi connectivity index (χ4n) is 12.2. The zero-order chi connectivity index (χ0) is 56.8. The molecule has 3 nitrogen and oxygen atoms in total. The van der Waals surface area contributed by atoms with Crippen LogP contribution in [0.1, 0.15) is 38.9 Å². The highest BCUT2D eigenvalue weighted by atomic mass is 19.4.